The predicted molar refractivity (Wildman–Crippen MR) is 74.6 cm³/mol. The summed E-state index contributed by atoms with van der Waals surface area (Å²) in [6, 6.07) is 0.614. The molecule has 2 aliphatic rings. The molecule has 2 nitrogen and oxygen atoms in total. The number of rotatable bonds is 5. The molecule has 2 rings (SSSR count). The minimum absolute atomic E-state index is 0.417. The fourth-order valence-electron chi connectivity index (χ4n) is 4.27. The van der Waals surface area contributed by atoms with Crippen molar-refractivity contribution >= 4 is 10.8 Å². The lowest BCUT2D eigenvalue weighted by molar-refractivity contribution is 0.111. The first kappa shape index (κ1) is 13.5. The SMILES string of the molecule is CCS(=O)CCNC1C(C)(C)[C@H]2CC[C@]1(C)C2. The Balaban J connectivity index is 1.94. The molecule has 2 bridgehead atoms. The Morgan fingerprint density at radius 2 is 2.06 bits per heavy atom. The highest BCUT2D eigenvalue weighted by Gasteiger charge is 2.58. The maximum absolute atomic E-state index is 11.5. The van der Waals surface area contributed by atoms with E-state index in [4.69, 9.17) is 0 Å². The van der Waals surface area contributed by atoms with Crippen LogP contribution < -0.4 is 5.32 Å². The molecular weight excluding hydrogens is 230 g/mol. The summed E-state index contributed by atoms with van der Waals surface area (Å²) in [5.41, 5.74) is 0.905. The van der Waals surface area contributed by atoms with Gasteiger partial charge in [0, 0.05) is 34.9 Å². The van der Waals surface area contributed by atoms with Crippen LogP contribution in [0.2, 0.25) is 0 Å². The Hall–Kier alpha value is 0.110. The van der Waals surface area contributed by atoms with Crippen LogP contribution in [0.25, 0.3) is 0 Å². The van der Waals surface area contributed by atoms with E-state index in [9.17, 15) is 4.21 Å². The Kier molecular flexibility index (Phi) is 3.71. The van der Waals surface area contributed by atoms with Crippen LogP contribution in [0.5, 0.6) is 0 Å². The molecule has 2 saturated carbocycles. The van der Waals surface area contributed by atoms with Crippen LogP contribution in [0.1, 0.15) is 47.0 Å². The molecule has 0 radical (unpaired) electrons. The van der Waals surface area contributed by atoms with Crippen molar-refractivity contribution in [2.75, 3.05) is 18.1 Å². The van der Waals surface area contributed by atoms with E-state index in [-0.39, 0.29) is 0 Å². The molecule has 100 valence electrons. The van der Waals surface area contributed by atoms with Crippen molar-refractivity contribution < 1.29 is 4.21 Å². The third-order valence-electron chi connectivity index (χ3n) is 5.27. The monoisotopic (exact) mass is 257 g/mol. The van der Waals surface area contributed by atoms with Crippen LogP contribution in [0, 0.1) is 16.7 Å². The van der Waals surface area contributed by atoms with Crippen LogP contribution in [0.15, 0.2) is 0 Å². The molecule has 4 atom stereocenters. The predicted octanol–water partition coefficient (Wildman–Crippen LogP) is 2.56. The average molecular weight is 257 g/mol. The zero-order valence-electron chi connectivity index (χ0n) is 11.7. The standard InChI is InChI=1S/C14H27NOS/c1-5-17(16)9-8-15-12-13(2,3)11-6-7-14(12,4)10-11/h11-12,15H,5-10H2,1-4H3/t11-,12?,14+,17?/m0/s1. The summed E-state index contributed by atoms with van der Waals surface area (Å²) in [4.78, 5) is 0. The van der Waals surface area contributed by atoms with E-state index in [0.29, 0.717) is 16.9 Å². The van der Waals surface area contributed by atoms with Crippen molar-refractivity contribution in [3.63, 3.8) is 0 Å². The van der Waals surface area contributed by atoms with Crippen LogP contribution in [-0.2, 0) is 10.8 Å². The van der Waals surface area contributed by atoms with Gasteiger partial charge < -0.3 is 5.32 Å². The minimum atomic E-state index is -0.630. The maximum atomic E-state index is 11.5. The number of hydrogen-bond acceptors (Lipinski definition) is 2. The zero-order valence-corrected chi connectivity index (χ0v) is 12.5. The van der Waals surface area contributed by atoms with E-state index >= 15 is 0 Å². The summed E-state index contributed by atoms with van der Waals surface area (Å²) >= 11 is 0. The molecule has 0 heterocycles. The summed E-state index contributed by atoms with van der Waals surface area (Å²) < 4.78 is 11.5. The normalized spacial score (nSPS) is 40.7. The van der Waals surface area contributed by atoms with Gasteiger partial charge >= 0.3 is 0 Å². The Morgan fingerprint density at radius 3 is 2.59 bits per heavy atom. The van der Waals surface area contributed by atoms with Gasteiger partial charge in [0.2, 0.25) is 0 Å². The van der Waals surface area contributed by atoms with Gasteiger partial charge in [-0.15, -0.1) is 0 Å². The van der Waals surface area contributed by atoms with Gasteiger partial charge in [0.05, 0.1) is 0 Å². The molecule has 0 aromatic rings. The second-order valence-corrected chi connectivity index (χ2v) is 8.60. The van der Waals surface area contributed by atoms with E-state index in [0.717, 1.165) is 24.0 Å². The van der Waals surface area contributed by atoms with Crippen molar-refractivity contribution in [1.29, 1.82) is 0 Å². The molecule has 0 amide bonds. The third-order valence-corrected chi connectivity index (χ3v) is 6.57. The van der Waals surface area contributed by atoms with E-state index in [1.54, 1.807) is 0 Å². The van der Waals surface area contributed by atoms with Gasteiger partial charge in [-0.3, -0.25) is 4.21 Å². The first-order valence-corrected chi connectivity index (χ1v) is 8.47. The summed E-state index contributed by atoms with van der Waals surface area (Å²) in [6.07, 6.45) is 4.16. The Labute approximate surface area is 108 Å². The van der Waals surface area contributed by atoms with E-state index in [2.05, 4.69) is 26.1 Å². The van der Waals surface area contributed by atoms with Crippen molar-refractivity contribution in [1.82, 2.24) is 5.32 Å². The van der Waals surface area contributed by atoms with E-state index in [1.165, 1.54) is 19.3 Å². The molecule has 2 fully saturated rings. The van der Waals surface area contributed by atoms with Crippen molar-refractivity contribution in [3.05, 3.63) is 0 Å². The largest absolute Gasteiger partial charge is 0.312 e. The van der Waals surface area contributed by atoms with Gasteiger partial charge in [0.1, 0.15) is 0 Å². The smallest absolute Gasteiger partial charge is 0.0360 e. The van der Waals surface area contributed by atoms with Crippen LogP contribution >= 0.6 is 0 Å². The lowest BCUT2D eigenvalue weighted by Gasteiger charge is -2.43. The molecule has 17 heavy (non-hydrogen) atoms. The van der Waals surface area contributed by atoms with Gasteiger partial charge in [0.15, 0.2) is 0 Å². The van der Waals surface area contributed by atoms with Gasteiger partial charge in [-0.2, -0.15) is 0 Å². The fourth-order valence-corrected chi connectivity index (χ4v) is 4.91. The molecule has 1 N–H and O–H groups in total. The molecule has 2 unspecified atom stereocenters. The Morgan fingerprint density at radius 1 is 1.35 bits per heavy atom. The summed E-state index contributed by atoms with van der Waals surface area (Å²) in [6.45, 7) is 10.2. The quantitative estimate of drug-likeness (QED) is 0.820. The van der Waals surface area contributed by atoms with Crippen molar-refractivity contribution in [2.45, 2.75) is 53.0 Å². The first-order chi connectivity index (χ1) is 7.90. The topological polar surface area (TPSA) is 29.1 Å². The molecular formula is C14H27NOS. The lowest BCUT2D eigenvalue weighted by atomic mass is 9.68. The number of nitrogens with one attached hydrogen (secondary N) is 1. The highest BCUT2D eigenvalue weighted by molar-refractivity contribution is 7.84. The molecule has 0 saturated heterocycles. The van der Waals surface area contributed by atoms with Crippen molar-refractivity contribution in [3.8, 4) is 0 Å². The first-order valence-electron chi connectivity index (χ1n) is 6.98. The summed E-state index contributed by atoms with van der Waals surface area (Å²) in [5.74, 6) is 2.49. The third kappa shape index (κ3) is 2.33. The average Bonchev–Trinajstić information content (AvgIpc) is 2.73. The van der Waals surface area contributed by atoms with Crippen LogP contribution in [-0.4, -0.2) is 28.3 Å². The highest BCUT2D eigenvalue weighted by atomic mass is 32.2. The number of hydrogen-bond donors (Lipinski definition) is 1. The van der Waals surface area contributed by atoms with Crippen LogP contribution in [0.4, 0.5) is 0 Å². The molecule has 0 aromatic carbocycles. The van der Waals surface area contributed by atoms with E-state index in [1.807, 2.05) is 6.92 Å². The Bertz CT molecular complexity index is 311. The zero-order chi connectivity index (χ0) is 12.7. The minimum Gasteiger partial charge on any atom is -0.312 e. The van der Waals surface area contributed by atoms with Gasteiger partial charge in [0.25, 0.3) is 0 Å². The second kappa shape index (κ2) is 4.65. The van der Waals surface area contributed by atoms with Crippen LogP contribution in [0.3, 0.4) is 0 Å². The van der Waals surface area contributed by atoms with E-state index < -0.39 is 10.8 Å². The van der Waals surface area contributed by atoms with Crippen molar-refractivity contribution in [2.24, 2.45) is 16.7 Å². The fraction of sp³-hybridized carbons (Fsp3) is 1.00. The highest BCUT2D eigenvalue weighted by Crippen LogP contribution is 2.62. The summed E-state index contributed by atoms with van der Waals surface area (Å²) in [7, 11) is -0.630. The lowest BCUT2D eigenvalue weighted by Crippen LogP contribution is -2.51. The van der Waals surface area contributed by atoms with Gasteiger partial charge in [-0.25, -0.2) is 0 Å². The molecule has 0 aliphatic heterocycles. The molecule has 3 heteroatoms. The number of fused-ring (bicyclic) bond motifs is 2. The molecule has 2 aliphatic carbocycles. The molecule has 0 aromatic heterocycles. The molecule has 0 spiro atoms. The van der Waals surface area contributed by atoms with Gasteiger partial charge in [-0.05, 0) is 36.0 Å². The summed E-state index contributed by atoms with van der Waals surface area (Å²) in [5, 5.41) is 3.72. The van der Waals surface area contributed by atoms with Gasteiger partial charge in [-0.1, -0.05) is 27.7 Å². The second-order valence-electron chi connectivity index (χ2n) is 6.73. The maximum Gasteiger partial charge on any atom is 0.0360 e.